The van der Waals surface area contributed by atoms with Crippen LogP contribution in [0.15, 0.2) is 30.6 Å². The zero-order valence-electron chi connectivity index (χ0n) is 18.2. The van der Waals surface area contributed by atoms with Crippen LogP contribution in [0.4, 0.5) is 9.18 Å². The summed E-state index contributed by atoms with van der Waals surface area (Å²) in [7, 11) is 1.81. The van der Waals surface area contributed by atoms with Crippen molar-refractivity contribution in [1.29, 1.82) is 0 Å². The summed E-state index contributed by atoms with van der Waals surface area (Å²) in [6, 6.07) is 5.45. The molecule has 4 aromatic rings. The normalized spacial score (nSPS) is 16.4. The van der Waals surface area contributed by atoms with Crippen molar-refractivity contribution < 1.29 is 18.7 Å². The van der Waals surface area contributed by atoms with Gasteiger partial charge in [-0.2, -0.15) is 5.10 Å². The smallest absolute Gasteiger partial charge is 0.406 e. The van der Waals surface area contributed by atoms with E-state index in [0.29, 0.717) is 40.5 Å². The molecule has 1 aromatic carbocycles. The van der Waals surface area contributed by atoms with Crippen molar-refractivity contribution in [3.63, 3.8) is 0 Å². The van der Waals surface area contributed by atoms with Crippen LogP contribution in [0, 0.1) is 0 Å². The molecule has 0 aliphatic carbocycles. The van der Waals surface area contributed by atoms with Crippen molar-refractivity contribution in [2.24, 2.45) is 7.05 Å². The highest BCUT2D eigenvalue weighted by atomic mass is 35.5. The predicted molar refractivity (Wildman–Crippen MR) is 124 cm³/mol. The molecule has 34 heavy (non-hydrogen) atoms. The number of Topliss-reactive ketones (excluding diaryl/α,β-unsaturated/α-hetero) is 1. The number of ketones is 1. The molecule has 0 saturated carbocycles. The van der Waals surface area contributed by atoms with Crippen molar-refractivity contribution in [3.05, 3.63) is 35.6 Å². The number of aryl methyl sites for hydroxylation is 1. The lowest BCUT2D eigenvalue weighted by molar-refractivity contribution is -0.119. The Hall–Kier alpha value is -3.57. The number of benzene rings is 1. The van der Waals surface area contributed by atoms with Crippen molar-refractivity contribution in [1.82, 2.24) is 34.9 Å². The number of nitrogens with one attached hydrogen (secondary N) is 2. The van der Waals surface area contributed by atoms with Gasteiger partial charge in [0.25, 0.3) is 0 Å². The maximum Gasteiger partial charge on any atom is 0.413 e. The van der Waals surface area contributed by atoms with Gasteiger partial charge in [0.05, 0.1) is 24.8 Å². The summed E-state index contributed by atoms with van der Waals surface area (Å²) < 4.78 is 20.3. The first-order chi connectivity index (χ1) is 16.4. The second-order valence-electron chi connectivity index (χ2n) is 8.14. The molecule has 1 atom stereocenters. The molecule has 0 unspecified atom stereocenters. The van der Waals surface area contributed by atoms with E-state index in [-0.39, 0.29) is 31.2 Å². The number of hydrogen-bond acceptors (Lipinski definition) is 7. The van der Waals surface area contributed by atoms with Gasteiger partial charge in [-0.25, -0.2) is 19.2 Å². The van der Waals surface area contributed by atoms with Gasteiger partial charge in [0.2, 0.25) is 0 Å². The molecule has 0 bridgehead atoms. The maximum absolute atomic E-state index is 13.2. The number of H-pyrrole nitrogens is 1. The molecule has 10 nitrogen and oxygen atoms in total. The van der Waals surface area contributed by atoms with Crippen molar-refractivity contribution in [2.45, 2.75) is 12.6 Å². The first kappa shape index (κ1) is 22.2. The van der Waals surface area contributed by atoms with Gasteiger partial charge in [0, 0.05) is 36.7 Å². The highest BCUT2D eigenvalue weighted by Crippen LogP contribution is 2.30. The number of fused-ring (bicyclic) bond motifs is 2. The number of aromatic amines is 1. The van der Waals surface area contributed by atoms with Crippen LogP contribution in [0.3, 0.4) is 0 Å². The third kappa shape index (κ3) is 4.44. The number of hydrogen-bond donors (Lipinski definition) is 2. The zero-order chi connectivity index (χ0) is 23.8. The first-order valence-electron chi connectivity index (χ1n) is 10.7. The van der Waals surface area contributed by atoms with Crippen LogP contribution in [0.2, 0.25) is 5.02 Å². The Morgan fingerprint density at radius 1 is 1.38 bits per heavy atom. The third-order valence-corrected chi connectivity index (χ3v) is 5.88. The van der Waals surface area contributed by atoms with E-state index in [4.69, 9.17) is 16.3 Å². The van der Waals surface area contributed by atoms with Crippen molar-refractivity contribution in [3.8, 4) is 17.1 Å². The van der Waals surface area contributed by atoms with Crippen LogP contribution in [-0.4, -0.2) is 73.9 Å². The summed E-state index contributed by atoms with van der Waals surface area (Å²) >= 11 is 6.11. The molecule has 5 rings (SSSR count). The van der Waals surface area contributed by atoms with E-state index in [1.165, 1.54) is 6.20 Å². The number of rotatable bonds is 6. The number of halogens is 2. The monoisotopic (exact) mass is 485 g/mol. The quantitative estimate of drug-likeness (QED) is 0.431. The summed E-state index contributed by atoms with van der Waals surface area (Å²) in [5.74, 6) is -0.0633. The molecule has 4 heterocycles. The van der Waals surface area contributed by atoms with Crippen molar-refractivity contribution in [2.75, 3.05) is 26.2 Å². The molecular weight excluding hydrogens is 465 g/mol. The lowest BCUT2D eigenvalue weighted by Crippen LogP contribution is -2.37. The minimum absolute atomic E-state index is 0.0892. The van der Waals surface area contributed by atoms with Gasteiger partial charge in [0.15, 0.2) is 22.7 Å². The van der Waals surface area contributed by atoms with Crippen LogP contribution < -0.4 is 10.1 Å². The molecule has 3 aromatic heterocycles. The van der Waals surface area contributed by atoms with Gasteiger partial charge >= 0.3 is 6.09 Å². The van der Waals surface area contributed by atoms with E-state index in [9.17, 15) is 14.0 Å². The topological polar surface area (TPSA) is 118 Å². The maximum atomic E-state index is 13.2. The molecule has 0 spiro atoms. The van der Waals surface area contributed by atoms with Crippen LogP contribution in [-0.2, 0) is 11.8 Å². The second-order valence-corrected chi connectivity index (χ2v) is 8.58. The Morgan fingerprint density at radius 3 is 3.03 bits per heavy atom. The summed E-state index contributed by atoms with van der Waals surface area (Å²) in [5, 5.41) is 8.42. The van der Waals surface area contributed by atoms with E-state index in [1.54, 1.807) is 21.8 Å². The lowest BCUT2D eigenvalue weighted by Gasteiger charge is -2.13. The Bertz CT molecular complexity index is 1400. The number of carbonyl (C=O) groups is 2. The SMILES string of the molecule is Cn1nc(-c2cnc3[nH]cc(OC(=O)NCC(=O)CN4CC[C@@H](F)C4)c3n2)c2ccc(Cl)cc21. The van der Waals surface area contributed by atoms with Gasteiger partial charge in [-0.15, -0.1) is 0 Å². The molecular formula is C22H21ClFN7O3. The molecule has 1 fully saturated rings. The molecule has 1 aliphatic heterocycles. The second kappa shape index (κ2) is 8.99. The van der Waals surface area contributed by atoms with Crippen LogP contribution in [0.5, 0.6) is 5.75 Å². The minimum Gasteiger partial charge on any atom is -0.406 e. The number of carbonyl (C=O) groups excluding carboxylic acids is 2. The third-order valence-electron chi connectivity index (χ3n) is 5.65. The van der Waals surface area contributed by atoms with Gasteiger partial charge in [-0.1, -0.05) is 11.6 Å². The average molecular weight is 486 g/mol. The zero-order valence-corrected chi connectivity index (χ0v) is 19.0. The summed E-state index contributed by atoms with van der Waals surface area (Å²) in [5.41, 5.74) is 2.73. The summed E-state index contributed by atoms with van der Waals surface area (Å²) in [4.78, 5) is 37.9. The van der Waals surface area contributed by atoms with Gasteiger partial charge in [-0.05, 0) is 24.6 Å². The number of alkyl halides is 1. The number of likely N-dealkylation sites (tertiary alicyclic amines) is 1. The Morgan fingerprint density at radius 2 is 2.24 bits per heavy atom. The number of aromatic nitrogens is 5. The van der Waals surface area contributed by atoms with Crippen LogP contribution in [0.1, 0.15) is 6.42 Å². The van der Waals surface area contributed by atoms with Crippen molar-refractivity contribution >= 4 is 45.5 Å². The average Bonchev–Trinajstić information content (AvgIpc) is 3.50. The highest BCUT2D eigenvalue weighted by molar-refractivity contribution is 6.31. The number of ether oxygens (including phenoxy) is 1. The molecule has 1 amide bonds. The summed E-state index contributed by atoms with van der Waals surface area (Å²) in [6.45, 7) is 0.650. The lowest BCUT2D eigenvalue weighted by atomic mass is 10.2. The van der Waals surface area contributed by atoms with Gasteiger partial charge in [0.1, 0.15) is 17.6 Å². The van der Waals surface area contributed by atoms with E-state index in [1.807, 2.05) is 19.2 Å². The molecule has 1 aliphatic rings. The number of amides is 1. The largest absolute Gasteiger partial charge is 0.413 e. The Kier molecular flexibility index (Phi) is 5.88. The van der Waals surface area contributed by atoms with E-state index in [2.05, 4.69) is 25.4 Å². The summed E-state index contributed by atoms with van der Waals surface area (Å²) in [6.07, 6.45) is 1.77. The number of nitrogens with zero attached hydrogens (tertiary/aromatic N) is 5. The minimum atomic E-state index is -0.902. The molecule has 0 radical (unpaired) electrons. The predicted octanol–water partition coefficient (Wildman–Crippen LogP) is 2.87. The Labute approximate surface area is 198 Å². The van der Waals surface area contributed by atoms with Gasteiger partial charge < -0.3 is 15.0 Å². The fraction of sp³-hybridized carbons (Fsp3) is 0.318. The van der Waals surface area contributed by atoms with Gasteiger partial charge in [-0.3, -0.25) is 14.4 Å². The first-order valence-corrected chi connectivity index (χ1v) is 11.1. The van der Waals surface area contributed by atoms with E-state index < -0.39 is 12.3 Å². The molecule has 1 saturated heterocycles. The van der Waals surface area contributed by atoms with Crippen LogP contribution >= 0.6 is 11.6 Å². The standard InChI is InChI=1S/C22H21ClFN7O3/c1-30-17-6-12(23)2-3-15(17)19(29-30)16-8-25-21-20(28-16)18(9-26-21)34-22(33)27-7-14(32)11-31-5-4-13(24)10-31/h2-3,6,8-9,13H,4-5,7,10-11H2,1H3,(H,25,26)(H,27,33)/t13-/m1/s1. The molecule has 2 N–H and O–H groups in total. The molecule has 176 valence electrons. The molecule has 12 heteroatoms. The Balaban J connectivity index is 1.30. The highest BCUT2D eigenvalue weighted by Gasteiger charge is 2.23. The fourth-order valence-electron chi connectivity index (χ4n) is 4.02. The van der Waals surface area contributed by atoms with E-state index >= 15 is 0 Å². The van der Waals surface area contributed by atoms with Crippen LogP contribution in [0.25, 0.3) is 33.5 Å². The fourth-order valence-corrected chi connectivity index (χ4v) is 4.19. The van der Waals surface area contributed by atoms with E-state index in [0.717, 1.165) is 10.9 Å².